The third-order valence-electron chi connectivity index (χ3n) is 4.65. The number of carbonyl (C=O) groups excluding carboxylic acids is 1. The standard InChI is InChI=1S/C17H23N3O2S/c1-10-4-6-13(7-5-10)20-14(21)8-22-16-15-11(2)12(3)23-17(15)19-9-18-16/h9-10,13H,4-8H2,1-3H3,(H,20,21). The van der Waals surface area contributed by atoms with Crippen LogP contribution in [0.25, 0.3) is 10.2 Å². The van der Waals surface area contributed by atoms with E-state index in [1.54, 1.807) is 11.3 Å². The maximum absolute atomic E-state index is 12.1. The summed E-state index contributed by atoms with van der Waals surface area (Å²) in [6, 6.07) is 0.290. The lowest BCUT2D eigenvalue weighted by Crippen LogP contribution is -2.39. The zero-order valence-corrected chi connectivity index (χ0v) is 14.7. The van der Waals surface area contributed by atoms with Crippen molar-refractivity contribution in [2.24, 2.45) is 5.92 Å². The van der Waals surface area contributed by atoms with Crippen LogP contribution in [-0.2, 0) is 4.79 Å². The van der Waals surface area contributed by atoms with Crippen LogP contribution < -0.4 is 10.1 Å². The molecule has 1 aliphatic carbocycles. The highest BCUT2D eigenvalue weighted by Crippen LogP contribution is 2.33. The molecule has 1 fully saturated rings. The highest BCUT2D eigenvalue weighted by Gasteiger charge is 2.20. The van der Waals surface area contributed by atoms with Crippen molar-refractivity contribution in [3.05, 3.63) is 16.8 Å². The van der Waals surface area contributed by atoms with E-state index in [-0.39, 0.29) is 18.6 Å². The Morgan fingerprint density at radius 2 is 2.04 bits per heavy atom. The van der Waals surface area contributed by atoms with Crippen molar-refractivity contribution >= 4 is 27.5 Å². The predicted octanol–water partition coefficient (Wildman–Crippen LogP) is 3.38. The van der Waals surface area contributed by atoms with Gasteiger partial charge in [-0.15, -0.1) is 11.3 Å². The molecule has 3 rings (SSSR count). The van der Waals surface area contributed by atoms with Crippen LogP contribution in [0.5, 0.6) is 5.88 Å². The molecule has 0 aromatic carbocycles. The van der Waals surface area contributed by atoms with Gasteiger partial charge >= 0.3 is 0 Å². The number of aryl methyl sites for hydroxylation is 2. The van der Waals surface area contributed by atoms with E-state index in [0.29, 0.717) is 5.88 Å². The topological polar surface area (TPSA) is 64.1 Å². The Labute approximate surface area is 140 Å². The molecule has 1 N–H and O–H groups in total. The molecule has 0 atom stereocenters. The number of fused-ring (bicyclic) bond motifs is 1. The van der Waals surface area contributed by atoms with Crippen molar-refractivity contribution in [2.45, 2.75) is 52.5 Å². The normalized spacial score (nSPS) is 21.3. The Bertz CT molecular complexity index is 705. The quantitative estimate of drug-likeness (QED) is 0.931. The van der Waals surface area contributed by atoms with Crippen LogP contribution in [0.4, 0.5) is 0 Å². The van der Waals surface area contributed by atoms with Gasteiger partial charge in [0.05, 0.1) is 5.39 Å². The summed E-state index contributed by atoms with van der Waals surface area (Å²) in [5, 5.41) is 4.00. The van der Waals surface area contributed by atoms with Crippen LogP contribution in [0, 0.1) is 19.8 Å². The number of nitrogens with one attached hydrogen (secondary N) is 1. The maximum Gasteiger partial charge on any atom is 0.258 e. The van der Waals surface area contributed by atoms with E-state index in [4.69, 9.17) is 4.74 Å². The number of carbonyl (C=O) groups is 1. The molecule has 1 amide bonds. The van der Waals surface area contributed by atoms with Gasteiger partial charge in [-0.1, -0.05) is 6.92 Å². The molecule has 23 heavy (non-hydrogen) atoms. The van der Waals surface area contributed by atoms with E-state index in [1.807, 2.05) is 6.92 Å². The molecule has 2 aromatic rings. The number of hydrogen-bond donors (Lipinski definition) is 1. The molecule has 0 radical (unpaired) electrons. The van der Waals surface area contributed by atoms with Crippen molar-refractivity contribution in [3.63, 3.8) is 0 Å². The fraction of sp³-hybridized carbons (Fsp3) is 0.588. The Hall–Kier alpha value is -1.69. The Kier molecular flexibility index (Phi) is 4.80. The Balaban J connectivity index is 1.61. The summed E-state index contributed by atoms with van der Waals surface area (Å²) in [5.41, 5.74) is 1.13. The van der Waals surface area contributed by atoms with Crippen molar-refractivity contribution < 1.29 is 9.53 Å². The van der Waals surface area contributed by atoms with Gasteiger partial charge in [-0.3, -0.25) is 4.79 Å². The summed E-state index contributed by atoms with van der Waals surface area (Å²) >= 11 is 1.62. The molecular weight excluding hydrogens is 310 g/mol. The number of thiophene rings is 1. The maximum atomic E-state index is 12.1. The first-order valence-corrected chi connectivity index (χ1v) is 8.99. The first kappa shape index (κ1) is 16.2. The van der Waals surface area contributed by atoms with Gasteiger partial charge in [0, 0.05) is 10.9 Å². The number of rotatable bonds is 4. The second-order valence-electron chi connectivity index (χ2n) is 6.46. The summed E-state index contributed by atoms with van der Waals surface area (Å²) in [6.07, 6.45) is 5.99. The van der Waals surface area contributed by atoms with Crippen molar-refractivity contribution in [3.8, 4) is 5.88 Å². The monoisotopic (exact) mass is 333 g/mol. The summed E-state index contributed by atoms with van der Waals surface area (Å²) in [5.74, 6) is 1.21. The van der Waals surface area contributed by atoms with E-state index >= 15 is 0 Å². The molecule has 1 aliphatic rings. The minimum Gasteiger partial charge on any atom is -0.467 e. The SMILES string of the molecule is Cc1sc2ncnc(OCC(=O)NC3CCC(C)CC3)c2c1C. The van der Waals surface area contributed by atoms with E-state index in [2.05, 4.69) is 29.1 Å². The smallest absolute Gasteiger partial charge is 0.258 e. The lowest BCUT2D eigenvalue weighted by molar-refractivity contribution is -0.124. The second-order valence-corrected chi connectivity index (χ2v) is 7.66. The summed E-state index contributed by atoms with van der Waals surface area (Å²) < 4.78 is 5.68. The fourth-order valence-electron chi connectivity index (χ4n) is 3.07. The van der Waals surface area contributed by atoms with Crippen LogP contribution in [0.3, 0.4) is 0 Å². The molecule has 0 aliphatic heterocycles. The highest BCUT2D eigenvalue weighted by atomic mass is 32.1. The number of amides is 1. The van der Waals surface area contributed by atoms with Crippen LogP contribution in [0.2, 0.25) is 0 Å². The summed E-state index contributed by atoms with van der Waals surface area (Å²) in [4.78, 5) is 22.7. The molecule has 0 spiro atoms. The van der Waals surface area contributed by atoms with Crippen LogP contribution in [0.15, 0.2) is 6.33 Å². The summed E-state index contributed by atoms with van der Waals surface area (Å²) in [6.45, 7) is 6.37. The Morgan fingerprint density at radius 3 is 2.78 bits per heavy atom. The number of hydrogen-bond acceptors (Lipinski definition) is 5. The van der Waals surface area contributed by atoms with E-state index < -0.39 is 0 Å². The van der Waals surface area contributed by atoms with Gasteiger partial charge in [-0.2, -0.15) is 0 Å². The van der Waals surface area contributed by atoms with Crippen molar-refractivity contribution in [2.75, 3.05) is 6.61 Å². The summed E-state index contributed by atoms with van der Waals surface area (Å²) in [7, 11) is 0. The zero-order chi connectivity index (χ0) is 16.4. The molecule has 5 nitrogen and oxygen atoms in total. The molecule has 2 heterocycles. The van der Waals surface area contributed by atoms with Crippen LogP contribution >= 0.6 is 11.3 Å². The molecule has 0 bridgehead atoms. The molecular formula is C17H23N3O2S. The third kappa shape index (κ3) is 3.63. The lowest BCUT2D eigenvalue weighted by atomic mass is 9.87. The molecule has 124 valence electrons. The molecule has 1 saturated carbocycles. The number of nitrogens with zero attached hydrogens (tertiary/aromatic N) is 2. The van der Waals surface area contributed by atoms with Crippen molar-refractivity contribution in [1.82, 2.24) is 15.3 Å². The van der Waals surface area contributed by atoms with Gasteiger partial charge in [0.1, 0.15) is 11.2 Å². The number of aromatic nitrogens is 2. The van der Waals surface area contributed by atoms with Gasteiger partial charge in [-0.05, 0) is 51.0 Å². The first-order valence-electron chi connectivity index (χ1n) is 8.17. The van der Waals surface area contributed by atoms with E-state index in [1.165, 1.54) is 24.0 Å². The van der Waals surface area contributed by atoms with Gasteiger partial charge < -0.3 is 10.1 Å². The van der Waals surface area contributed by atoms with Gasteiger partial charge in [0.2, 0.25) is 5.88 Å². The largest absolute Gasteiger partial charge is 0.467 e. The molecule has 0 saturated heterocycles. The average Bonchev–Trinajstić information content (AvgIpc) is 2.83. The second kappa shape index (κ2) is 6.83. The third-order valence-corrected chi connectivity index (χ3v) is 5.77. The lowest BCUT2D eigenvalue weighted by Gasteiger charge is -2.26. The average molecular weight is 333 g/mol. The molecule has 6 heteroatoms. The number of ether oxygens (including phenoxy) is 1. The van der Waals surface area contributed by atoms with Gasteiger partial charge in [-0.25, -0.2) is 9.97 Å². The van der Waals surface area contributed by atoms with E-state index in [0.717, 1.165) is 34.5 Å². The molecule has 2 aromatic heterocycles. The zero-order valence-electron chi connectivity index (χ0n) is 13.9. The fourth-order valence-corrected chi connectivity index (χ4v) is 4.05. The minimum absolute atomic E-state index is 0.00645. The van der Waals surface area contributed by atoms with Crippen molar-refractivity contribution in [1.29, 1.82) is 0 Å². The first-order chi connectivity index (χ1) is 11.0. The van der Waals surface area contributed by atoms with Crippen LogP contribution in [0.1, 0.15) is 43.0 Å². The van der Waals surface area contributed by atoms with Gasteiger partial charge in [0.15, 0.2) is 6.61 Å². The predicted molar refractivity (Wildman–Crippen MR) is 91.9 cm³/mol. The molecule has 0 unspecified atom stereocenters. The van der Waals surface area contributed by atoms with Crippen LogP contribution in [-0.4, -0.2) is 28.5 Å². The highest BCUT2D eigenvalue weighted by molar-refractivity contribution is 7.18. The van der Waals surface area contributed by atoms with Gasteiger partial charge in [0.25, 0.3) is 5.91 Å². The minimum atomic E-state index is -0.0686. The van der Waals surface area contributed by atoms with E-state index in [9.17, 15) is 4.79 Å². The Morgan fingerprint density at radius 1 is 1.30 bits per heavy atom.